The first-order valence-electron chi connectivity index (χ1n) is 8.42. The van der Waals surface area contributed by atoms with Gasteiger partial charge in [-0.15, -0.1) is 0 Å². The fourth-order valence-corrected chi connectivity index (χ4v) is 3.09. The number of nitrogens with one attached hydrogen (secondary N) is 1. The van der Waals surface area contributed by atoms with Crippen molar-refractivity contribution in [2.45, 2.75) is 31.2 Å². The van der Waals surface area contributed by atoms with Crippen molar-refractivity contribution in [1.29, 1.82) is 0 Å². The van der Waals surface area contributed by atoms with Gasteiger partial charge in [0.15, 0.2) is 0 Å². The molecule has 0 bridgehead atoms. The number of primary sulfonamides is 1. The average molecular weight is 375 g/mol. The number of hydrogen-bond acceptors (Lipinski definition) is 4. The number of sulfonamides is 1. The molecule has 0 aliphatic heterocycles. The Hall–Kier alpha value is -2.22. The summed E-state index contributed by atoms with van der Waals surface area (Å²) in [6.07, 6.45) is 0.957. The summed E-state index contributed by atoms with van der Waals surface area (Å²) in [5, 5.41) is 7.99. The number of carbonyl (C=O) groups is 1. The van der Waals surface area contributed by atoms with E-state index in [1.165, 1.54) is 17.7 Å². The topological polar surface area (TPSA) is 92.5 Å². The number of benzene rings is 2. The molecule has 2 aromatic carbocycles. The Morgan fingerprint density at radius 2 is 1.69 bits per heavy atom. The normalized spacial score (nSPS) is 12.8. The van der Waals surface area contributed by atoms with E-state index in [1.807, 2.05) is 43.1 Å². The highest BCUT2D eigenvalue weighted by molar-refractivity contribution is 7.89. The van der Waals surface area contributed by atoms with Gasteiger partial charge < -0.3 is 5.32 Å². The molecule has 26 heavy (non-hydrogen) atoms. The molecule has 1 atom stereocenters. The molecule has 0 heterocycles. The van der Waals surface area contributed by atoms with Crippen LogP contribution in [-0.2, 0) is 21.2 Å². The van der Waals surface area contributed by atoms with Crippen LogP contribution in [0.5, 0.6) is 0 Å². The standard InChI is InChI=1S/C19H25N3O3S/c1-4-15-5-9-17(10-6-15)21-19(23)13-22(3)14(2)16-7-11-18(12-8-16)26(20,24)25/h5-12,14H,4,13H2,1-3H3,(H,21,23)(H2,20,24,25). The van der Waals surface area contributed by atoms with Crippen LogP contribution in [-0.4, -0.2) is 32.8 Å². The van der Waals surface area contributed by atoms with Crippen LogP contribution in [0.1, 0.15) is 31.0 Å². The molecule has 140 valence electrons. The first-order chi connectivity index (χ1) is 12.2. The Kier molecular flexibility index (Phi) is 6.52. The summed E-state index contributed by atoms with van der Waals surface area (Å²) in [4.78, 5) is 14.2. The highest BCUT2D eigenvalue weighted by Crippen LogP contribution is 2.20. The molecular weight excluding hydrogens is 350 g/mol. The van der Waals surface area contributed by atoms with Crippen molar-refractivity contribution >= 4 is 21.6 Å². The van der Waals surface area contributed by atoms with Gasteiger partial charge in [-0.3, -0.25) is 9.69 Å². The maximum absolute atomic E-state index is 12.3. The minimum absolute atomic E-state index is 0.0576. The maximum atomic E-state index is 12.3. The fourth-order valence-electron chi connectivity index (χ4n) is 2.58. The molecule has 1 amide bonds. The Bertz CT molecular complexity index is 847. The van der Waals surface area contributed by atoms with Crippen molar-refractivity contribution in [2.24, 2.45) is 5.14 Å². The molecule has 0 aromatic heterocycles. The summed E-state index contributed by atoms with van der Waals surface area (Å²) in [5.74, 6) is -0.107. The van der Waals surface area contributed by atoms with E-state index >= 15 is 0 Å². The number of carbonyl (C=O) groups excluding carboxylic acids is 1. The van der Waals surface area contributed by atoms with E-state index in [9.17, 15) is 13.2 Å². The molecule has 0 spiro atoms. The second kappa shape index (κ2) is 8.44. The Morgan fingerprint density at radius 1 is 1.12 bits per heavy atom. The first kappa shape index (κ1) is 20.1. The third kappa shape index (κ3) is 5.39. The number of amides is 1. The van der Waals surface area contributed by atoms with E-state index in [0.717, 1.165) is 17.7 Å². The number of nitrogens with two attached hydrogens (primary N) is 1. The monoisotopic (exact) mass is 375 g/mol. The van der Waals surface area contributed by atoms with Gasteiger partial charge >= 0.3 is 0 Å². The summed E-state index contributed by atoms with van der Waals surface area (Å²) < 4.78 is 22.6. The highest BCUT2D eigenvalue weighted by atomic mass is 32.2. The van der Waals surface area contributed by atoms with E-state index in [2.05, 4.69) is 12.2 Å². The Morgan fingerprint density at radius 3 is 2.19 bits per heavy atom. The van der Waals surface area contributed by atoms with Gasteiger partial charge in [0.2, 0.25) is 15.9 Å². The number of aryl methyl sites for hydroxylation is 1. The average Bonchev–Trinajstić information content (AvgIpc) is 2.61. The molecule has 0 radical (unpaired) electrons. The Labute approximate surface area is 155 Å². The number of nitrogens with zero attached hydrogens (tertiary/aromatic N) is 1. The quantitative estimate of drug-likeness (QED) is 0.778. The van der Waals surface area contributed by atoms with Crippen LogP contribution in [0.3, 0.4) is 0 Å². The van der Waals surface area contributed by atoms with E-state index in [1.54, 1.807) is 12.1 Å². The van der Waals surface area contributed by atoms with E-state index in [4.69, 9.17) is 5.14 Å². The Balaban J connectivity index is 1.96. The molecular formula is C19H25N3O3S. The smallest absolute Gasteiger partial charge is 0.238 e. The predicted octanol–water partition coefficient (Wildman–Crippen LogP) is 2.53. The van der Waals surface area contributed by atoms with E-state index in [-0.39, 0.29) is 23.4 Å². The lowest BCUT2D eigenvalue weighted by atomic mass is 10.1. The van der Waals surface area contributed by atoms with Crippen molar-refractivity contribution in [3.8, 4) is 0 Å². The largest absolute Gasteiger partial charge is 0.325 e. The van der Waals surface area contributed by atoms with Crippen molar-refractivity contribution in [3.63, 3.8) is 0 Å². The SMILES string of the molecule is CCc1ccc(NC(=O)CN(C)C(C)c2ccc(S(N)(=O)=O)cc2)cc1. The predicted molar refractivity (Wildman–Crippen MR) is 103 cm³/mol. The van der Waals surface area contributed by atoms with Gasteiger partial charge in [0.1, 0.15) is 0 Å². The second-order valence-electron chi connectivity index (χ2n) is 6.30. The summed E-state index contributed by atoms with van der Waals surface area (Å²) in [6.45, 7) is 4.25. The van der Waals surface area contributed by atoms with Gasteiger partial charge in [0.25, 0.3) is 0 Å². The molecule has 0 saturated heterocycles. The van der Waals surface area contributed by atoms with Crippen LogP contribution in [0.2, 0.25) is 0 Å². The zero-order chi connectivity index (χ0) is 19.3. The second-order valence-corrected chi connectivity index (χ2v) is 7.87. The molecule has 2 aromatic rings. The number of anilines is 1. The molecule has 0 fully saturated rings. The van der Waals surface area contributed by atoms with Crippen molar-refractivity contribution in [2.75, 3.05) is 18.9 Å². The number of rotatable bonds is 7. The molecule has 1 unspecified atom stereocenters. The summed E-state index contributed by atoms with van der Waals surface area (Å²) >= 11 is 0. The van der Waals surface area contributed by atoms with Crippen molar-refractivity contribution < 1.29 is 13.2 Å². The summed E-state index contributed by atoms with van der Waals surface area (Å²) in [6, 6.07) is 14.1. The van der Waals surface area contributed by atoms with Crippen molar-refractivity contribution in [3.05, 3.63) is 59.7 Å². The van der Waals surface area contributed by atoms with Crippen LogP contribution in [0.15, 0.2) is 53.4 Å². The molecule has 3 N–H and O–H groups in total. The highest BCUT2D eigenvalue weighted by Gasteiger charge is 2.16. The minimum atomic E-state index is -3.70. The summed E-state index contributed by atoms with van der Waals surface area (Å²) in [5.41, 5.74) is 2.89. The molecule has 6 nitrogen and oxygen atoms in total. The van der Waals surface area contributed by atoms with Gasteiger partial charge in [0.05, 0.1) is 11.4 Å². The lowest BCUT2D eigenvalue weighted by Crippen LogP contribution is -2.32. The number of hydrogen-bond donors (Lipinski definition) is 2. The van der Waals surface area contributed by atoms with Gasteiger partial charge in [-0.05, 0) is 55.8 Å². The molecule has 0 saturated carbocycles. The lowest BCUT2D eigenvalue weighted by Gasteiger charge is -2.24. The van der Waals surface area contributed by atoms with Gasteiger partial charge in [-0.2, -0.15) is 0 Å². The third-order valence-electron chi connectivity index (χ3n) is 4.39. The zero-order valence-electron chi connectivity index (χ0n) is 15.3. The fraction of sp³-hybridized carbons (Fsp3) is 0.316. The molecule has 7 heteroatoms. The van der Waals surface area contributed by atoms with E-state index in [0.29, 0.717) is 0 Å². The van der Waals surface area contributed by atoms with Crippen LogP contribution in [0.25, 0.3) is 0 Å². The van der Waals surface area contributed by atoms with Crippen LogP contribution < -0.4 is 10.5 Å². The molecule has 0 aliphatic carbocycles. The minimum Gasteiger partial charge on any atom is -0.325 e. The van der Waals surface area contributed by atoms with Crippen LogP contribution in [0, 0.1) is 0 Å². The molecule has 2 rings (SSSR count). The van der Waals surface area contributed by atoms with Gasteiger partial charge in [-0.1, -0.05) is 31.2 Å². The summed E-state index contributed by atoms with van der Waals surface area (Å²) in [7, 11) is -1.86. The van der Waals surface area contributed by atoms with Gasteiger partial charge in [-0.25, -0.2) is 13.6 Å². The van der Waals surface area contributed by atoms with E-state index < -0.39 is 10.0 Å². The first-order valence-corrected chi connectivity index (χ1v) is 9.97. The van der Waals surface area contributed by atoms with Crippen LogP contribution >= 0.6 is 0 Å². The molecule has 0 aliphatic rings. The van der Waals surface area contributed by atoms with Crippen LogP contribution in [0.4, 0.5) is 5.69 Å². The lowest BCUT2D eigenvalue weighted by molar-refractivity contribution is -0.117. The van der Waals surface area contributed by atoms with Gasteiger partial charge in [0, 0.05) is 11.7 Å². The zero-order valence-corrected chi connectivity index (χ0v) is 16.1. The van der Waals surface area contributed by atoms with Crippen molar-refractivity contribution in [1.82, 2.24) is 4.90 Å². The maximum Gasteiger partial charge on any atom is 0.238 e. The third-order valence-corrected chi connectivity index (χ3v) is 5.32. The number of likely N-dealkylation sites (N-methyl/N-ethyl adjacent to an activating group) is 1.